The number of likely N-dealkylation sites (N-methyl/N-ethyl adjacent to an activating group) is 2. The fourth-order valence-corrected chi connectivity index (χ4v) is 5.12. The third-order valence-electron chi connectivity index (χ3n) is 3.64. The Hall–Kier alpha value is -1.72. The molecule has 0 aliphatic carbocycles. The summed E-state index contributed by atoms with van der Waals surface area (Å²) in [4.78, 5) is 24.0. The molecule has 8 nitrogen and oxygen atoms in total. The van der Waals surface area contributed by atoms with Crippen molar-refractivity contribution in [3.05, 3.63) is 55.4 Å². The zero-order valence-electron chi connectivity index (χ0n) is 14.3. The summed E-state index contributed by atoms with van der Waals surface area (Å²) in [5, 5.41) is 11.1. The smallest absolute Gasteiger partial charge is 0.269 e. The van der Waals surface area contributed by atoms with Gasteiger partial charge in [-0.25, -0.2) is 8.42 Å². The Kier molecular flexibility index (Phi) is 6.82. The van der Waals surface area contributed by atoms with Crippen LogP contribution in [0.2, 0.25) is 9.36 Å². The van der Waals surface area contributed by atoms with Gasteiger partial charge in [0.05, 0.1) is 15.8 Å². The summed E-state index contributed by atoms with van der Waals surface area (Å²) < 4.78 is 26.2. The zero-order valence-corrected chi connectivity index (χ0v) is 17.4. The van der Waals surface area contributed by atoms with E-state index in [-0.39, 0.29) is 21.5 Å². The highest BCUT2D eigenvalue weighted by Crippen LogP contribution is 2.28. The number of hydrogen-bond acceptors (Lipinski definition) is 6. The summed E-state index contributed by atoms with van der Waals surface area (Å²) in [6, 6.07) is 6.76. The van der Waals surface area contributed by atoms with Gasteiger partial charge in [0.15, 0.2) is 0 Å². The van der Waals surface area contributed by atoms with Crippen molar-refractivity contribution in [3.63, 3.8) is 0 Å². The number of nitro benzene ring substituents is 1. The fourth-order valence-electron chi connectivity index (χ4n) is 2.13. The number of carbonyl (C=O) groups excluding carboxylic acids is 1. The van der Waals surface area contributed by atoms with E-state index in [0.717, 1.165) is 15.6 Å². The molecule has 0 spiro atoms. The summed E-state index contributed by atoms with van der Waals surface area (Å²) in [7, 11) is -1.10. The van der Waals surface area contributed by atoms with E-state index in [0.29, 0.717) is 9.90 Å². The standard InChI is InChI=1S/C15H15Cl2N3O5S2/c1-18(8-10-7-11(20(22)23)3-4-12(10)16)14(21)9-19(2)27(24,25)15-6-5-13(17)26-15/h3-7H,8-9H2,1-2H3. The van der Waals surface area contributed by atoms with Crippen molar-refractivity contribution >= 4 is 56.2 Å². The van der Waals surface area contributed by atoms with Crippen LogP contribution in [-0.4, -0.2) is 49.1 Å². The molecule has 0 unspecified atom stereocenters. The molecule has 1 aromatic carbocycles. The number of nitrogens with zero attached hydrogens (tertiary/aromatic N) is 3. The quantitative estimate of drug-likeness (QED) is 0.474. The number of halogens is 2. The highest BCUT2D eigenvalue weighted by atomic mass is 35.5. The predicted molar refractivity (Wildman–Crippen MR) is 104 cm³/mol. The van der Waals surface area contributed by atoms with Crippen molar-refractivity contribution in [1.29, 1.82) is 0 Å². The zero-order chi connectivity index (χ0) is 20.4. The Morgan fingerprint density at radius 3 is 2.44 bits per heavy atom. The van der Waals surface area contributed by atoms with Gasteiger partial charge in [-0.05, 0) is 23.8 Å². The van der Waals surface area contributed by atoms with Crippen molar-refractivity contribution in [2.75, 3.05) is 20.6 Å². The van der Waals surface area contributed by atoms with E-state index in [1.165, 1.54) is 49.3 Å². The maximum Gasteiger partial charge on any atom is 0.269 e. The molecule has 0 saturated carbocycles. The molecule has 0 bridgehead atoms. The van der Waals surface area contributed by atoms with Gasteiger partial charge in [0, 0.05) is 37.8 Å². The van der Waals surface area contributed by atoms with E-state index in [1.54, 1.807) is 0 Å². The summed E-state index contributed by atoms with van der Waals surface area (Å²) in [6.07, 6.45) is 0. The van der Waals surface area contributed by atoms with Crippen molar-refractivity contribution in [2.24, 2.45) is 0 Å². The number of benzene rings is 1. The number of hydrogen-bond donors (Lipinski definition) is 0. The van der Waals surface area contributed by atoms with Crippen LogP contribution in [-0.2, 0) is 21.4 Å². The van der Waals surface area contributed by atoms with Gasteiger partial charge in [-0.1, -0.05) is 23.2 Å². The van der Waals surface area contributed by atoms with Crippen LogP contribution < -0.4 is 0 Å². The Morgan fingerprint density at radius 2 is 1.89 bits per heavy atom. The van der Waals surface area contributed by atoms with Crippen molar-refractivity contribution < 1.29 is 18.1 Å². The number of thiophene rings is 1. The Bertz CT molecular complexity index is 978. The lowest BCUT2D eigenvalue weighted by Crippen LogP contribution is -2.38. The van der Waals surface area contributed by atoms with E-state index in [9.17, 15) is 23.3 Å². The van der Waals surface area contributed by atoms with E-state index < -0.39 is 27.4 Å². The lowest BCUT2D eigenvalue weighted by Gasteiger charge is -2.21. The molecule has 2 rings (SSSR count). The summed E-state index contributed by atoms with van der Waals surface area (Å²) >= 11 is 12.7. The Morgan fingerprint density at radius 1 is 1.22 bits per heavy atom. The summed E-state index contributed by atoms with van der Waals surface area (Å²) in [5.74, 6) is -0.494. The first kappa shape index (κ1) is 21.6. The molecule has 12 heteroatoms. The molecule has 0 fully saturated rings. The highest BCUT2D eigenvalue weighted by molar-refractivity contribution is 7.91. The van der Waals surface area contributed by atoms with Crippen LogP contribution in [0.15, 0.2) is 34.5 Å². The number of sulfonamides is 1. The van der Waals surface area contributed by atoms with E-state index in [2.05, 4.69) is 0 Å². The SMILES string of the molecule is CN(Cc1cc([N+](=O)[O-])ccc1Cl)C(=O)CN(C)S(=O)(=O)c1ccc(Cl)s1. The number of nitro groups is 1. The molecule has 1 aromatic heterocycles. The first-order chi connectivity index (χ1) is 12.5. The monoisotopic (exact) mass is 451 g/mol. The average Bonchev–Trinajstić information content (AvgIpc) is 3.03. The molecule has 1 amide bonds. The average molecular weight is 452 g/mol. The van der Waals surface area contributed by atoms with Gasteiger partial charge in [0.2, 0.25) is 5.91 Å². The molecule has 27 heavy (non-hydrogen) atoms. The van der Waals surface area contributed by atoms with Gasteiger partial charge in [0.25, 0.3) is 15.7 Å². The Labute approximate surface area is 170 Å². The van der Waals surface area contributed by atoms with Crippen LogP contribution in [0.5, 0.6) is 0 Å². The van der Waals surface area contributed by atoms with Crippen molar-refractivity contribution in [3.8, 4) is 0 Å². The molecule has 0 aliphatic rings. The molecular weight excluding hydrogens is 437 g/mol. The molecule has 0 atom stereocenters. The second kappa shape index (κ2) is 8.53. The van der Waals surface area contributed by atoms with Crippen LogP contribution in [0, 0.1) is 10.1 Å². The third-order valence-corrected chi connectivity index (χ3v) is 7.52. The van der Waals surface area contributed by atoms with Gasteiger partial charge in [-0.3, -0.25) is 14.9 Å². The number of carbonyl (C=O) groups is 1. The number of rotatable bonds is 7. The van der Waals surface area contributed by atoms with Crippen LogP contribution in [0.25, 0.3) is 0 Å². The van der Waals surface area contributed by atoms with Crippen LogP contribution in [0.3, 0.4) is 0 Å². The molecule has 0 N–H and O–H groups in total. The molecule has 1 heterocycles. The lowest BCUT2D eigenvalue weighted by atomic mass is 10.2. The number of amides is 1. The normalized spacial score (nSPS) is 11.6. The van der Waals surface area contributed by atoms with Crippen LogP contribution in [0.4, 0.5) is 5.69 Å². The molecule has 146 valence electrons. The highest BCUT2D eigenvalue weighted by Gasteiger charge is 2.26. The molecule has 0 aliphatic heterocycles. The summed E-state index contributed by atoms with van der Waals surface area (Å²) in [5.41, 5.74) is 0.238. The maximum absolute atomic E-state index is 12.4. The maximum atomic E-state index is 12.4. The van der Waals surface area contributed by atoms with E-state index >= 15 is 0 Å². The van der Waals surface area contributed by atoms with Crippen LogP contribution in [0.1, 0.15) is 5.56 Å². The van der Waals surface area contributed by atoms with E-state index in [1.807, 2.05) is 0 Å². The Balaban J connectivity index is 2.09. The molecule has 2 aromatic rings. The topological polar surface area (TPSA) is 101 Å². The summed E-state index contributed by atoms with van der Waals surface area (Å²) in [6.45, 7) is -0.404. The third kappa shape index (κ3) is 5.17. The van der Waals surface area contributed by atoms with Crippen molar-refractivity contribution in [2.45, 2.75) is 10.8 Å². The van der Waals surface area contributed by atoms with Crippen molar-refractivity contribution in [1.82, 2.24) is 9.21 Å². The first-order valence-electron chi connectivity index (χ1n) is 7.41. The van der Waals surface area contributed by atoms with Gasteiger partial charge >= 0.3 is 0 Å². The predicted octanol–water partition coefficient (Wildman–Crippen LogP) is 3.24. The second-order valence-corrected chi connectivity index (χ2v) is 10.00. The van der Waals surface area contributed by atoms with Crippen LogP contribution >= 0.6 is 34.5 Å². The minimum absolute atomic E-state index is 0.00192. The number of non-ortho nitro benzene ring substituents is 1. The lowest BCUT2D eigenvalue weighted by molar-refractivity contribution is -0.384. The second-order valence-electron chi connectivity index (χ2n) is 5.60. The minimum Gasteiger partial charge on any atom is -0.340 e. The molecular formula is C15H15Cl2N3O5S2. The van der Waals surface area contributed by atoms with Gasteiger partial charge < -0.3 is 4.90 Å². The first-order valence-corrected chi connectivity index (χ1v) is 10.4. The molecule has 0 saturated heterocycles. The fraction of sp³-hybridized carbons (Fsp3) is 0.267. The van der Waals surface area contributed by atoms with Gasteiger partial charge in [-0.2, -0.15) is 4.31 Å². The van der Waals surface area contributed by atoms with Gasteiger partial charge in [-0.15, -0.1) is 11.3 Å². The van der Waals surface area contributed by atoms with Gasteiger partial charge in [0.1, 0.15) is 4.21 Å². The molecule has 0 radical (unpaired) electrons. The minimum atomic E-state index is -3.84. The van der Waals surface area contributed by atoms with E-state index in [4.69, 9.17) is 23.2 Å². The largest absolute Gasteiger partial charge is 0.340 e.